The first-order valence-electron chi connectivity index (χ1n) is 8.80. The van der Waals surface area contributed by atoms with E-state index in [4.69, 9.17) is 11.6 Å². The van der Waals surface area contributed by atoms with Crippen molar-refractivity contribution in [1.29, 1.82) is 0 Å². The van der Waals surface area contributed by atoms with Crippen molar-refractivity contribution in [2.24, 2.45) is 4.99 Å². The van der Waals surface area contributed by atoms with Crippen molar-refractivity contribution in [3.05, 3.63) is 59.0 Å². The minimum absolute atomic E-state index is 0.194. The zero-order valence-corrected chi connectivity index (χ0v) is 15.5. The van der Waals surface area contributed by atoms with Gasteiger partial charge in [-0.05, 0) is 43.2 Å². The second-order valence-electron chi connectivity index (χ2n) is 6.21. The van der Waals surface area contributed by atoms with E-state index in [1.807, 2.05) is 36.1 Å². The number of nitrogens with one attached hydrogen (secondary N) is 2. The highest BCUT2D eigenvalue weighted by molar-refractivity contribution is 6.30. The van der Waals surface area contributed by atoms with Gasteiger partial charge < -0.3 is 15.5 Å². The summed E-state index contributed by atoms with van der Waals surface area (Å²) in [4.78, 5) is 10.8. The van der Waals surface area contributed by atoms with Crippen LogP contribution >= 0.6 is 11.6 Å². The van der Waals surface area contributed by atoms with Crippen molar-refractivity contribution in [2.75, 3.05) is 24.5 Å². The third-order valence-corrected chi connectivity index (χ3v) is 4.50. The van der Waals surface area contributed by atoms with E-state index in [-0.39, 0.29) is 11.9 Å². The molecule has 138 valence electrons. The fourth-order valence-electron chi connectivity index (χ4n) is 2.95. The van der Waals surface area contributed by atoms with E-state index in [2.05, 4.69) is 20.6 Å². The molecule has 0 saturated carbocycles. The molecule has 0 spiro atoms. The maximum Gasteiger partial charge on any atom is 0.191 e. The summed E-state index contributed by atoms with van der Waals surface area (Å²) in [5.74, 6) is 0.896. The van der Waals surface area contributed by atoms with Crippen molar-refractivity contribution >= 4 is 23.4 Å². The summed E-state index contributed by atoms with van der Waals surface area (Å²) in [6.45, 7) is 4.83. The van der Waals surface area contributed by atoms with Crippen LogP contribution in [0.4, 0.5) is 10.2 Å². The summed E-state index contributed by atoms with van der Waals surface area (Å²) in [6.07, 6.45) is 2.53. The van der Waals surface area contributed by atoms with E-state index in [1.54, 1.807) is 12.3 Å². The van der Waals surface area contributed by atoms with Gasteiger partial charge in [0.1, 0.15) is 0 Å². The molecule has 5 nitrogen and oxygen atoms in total. The number of halogens is 2. The Kier molecular flexibility index (Phi) is 6.28. The standard InChI is InChI=1S/C19H23ClFN5/c1-2-22-19(24-12-14-5-7-15(20)8-6-14)25-16-9-11-26(13-16)18-17(21)4-3-10-23-18/h3-8,10,16H,2,9,11-13H2,1H3,(H2,22,24,25). The Hall–Kier alpha value is -2.34. The highest BCUT2D eigenvalue weighted by Gasteiger charge is 2.25. The summed E-state index contributed by atoms with van der Waals surface area (Å²) in [6, 6.07) is 10.9. The normalized spacial score (nSPS) is 17.4. The number of guanidine groups is 1. The van der Waals surface area contributed by atoms with Gasteiger partial charge in [0, 0.05) is 36.9 Å². The maximum absolute atomic E-state index is 13.9. The zero-order valence-electron chi connectivity index (χ0n) is 14.8. The van der Waals surface area contributed by atoms with Gasteiger partial charge in [0.05, 0.1) is 6.54 Å². The number of hydrogen-bond donors (Lipinski definition) is 2. The molecule has 2 heterocycles. The molecular weight excluding hydrogens is 353 g/mol. The lowest BCUT2D eigenvalue weighted by molar-refractivity contribution is 0.612. The Morgan fingerprint density at radius 3 is 2.88 bits per heavy atom. The molecular formula is C19H23ClFN5. The van der Waals surface area contributed by atoms with Gasteiger partial charge in [0.25, 0.3) is 0 Å². The van der Waals surface area contributed by atoms with Crippen LogP contribution < -0.4 is 15.5 Å². The van der Waals surface area contributed by atoms with Crippen LogP contribution in [0, 0.1) is 5.82 Å². The van der Waals surface area contributed by atoms with Crippen LogP contribution in [-0.4, -0.2) is 36.6 Å². The number of benzene rings is 1. The fourth-order valence-corrected chi connectivity index (χ4v) is 3.08. The lowest BCUT2D eigenvalue weighted by Crippen LogP contribution is -2.44. The summed E-state index contributed by atoms with van der Waals surface area (Å²) in [5, 5.41) is 7.42. The van der Waals surface area contributed by atoms with Gasteiger partial charge >= 0.3 is 0 Å². The Bertz CT molecular complexity index is 750. The van der Waals surface area contributed by atoms with Crippen LogP contribution in [-0.2, 0) is 6.54 Å². The number of hydrogen-bond acceptors (Lipinski definition) is 3. The summed E-state index contributed by atoms with van der Waals surface area (Å²) >= 11 is 5.92. The van der Waals surface area contributed by atoms with Crippen LogP contribution in [0.2, 0.25) is 5.02 Å². The number of rotatable bonds is 5. The lowest BCUT2D eigenvalue weighted by Gasteiger charge is -2.20. The van der Waals surface area contributed by atoms with E-state index >= 15 is 0 Å². The topological polar surface area (TPSA) is 52.6 Å². The molecule has 1 aliphatic heterocycles. The predicted octanol–water partition coefficient (Wildman–Crippen LogP) is 3.21. The van der Waals surface area contributed by atoms with Gasteiger partial charge in [-0.3, -0.25) is 0 Å². The molecule has 1 unspecified atom stereocenters. The van der Waals surface area contributed by atoms with E-state index in [9.17, 15) is 4.39 Å². The second-order valence-corrected chi connectivity index (χ2v) is 6.64. The molecule has 1 atom stereocenters. The van der Waals surface area contributed by atoms with Gasteiger partial charge in [-0.25, -0.2) is 14.4 Å². The van der Waals surface area contributed by atoms with E-state index in [0.29, 0.717) is 18.9 Å². The average Bonchev–Trinajstić information content (AvgIpc) is 3.10. The molecule has 2 N–H and O–H groups in total. The van der Waals surface area contributed by atoms with Crippen LogP contribution in [0.5, 0.6) is 0 Å². The number of aliphatic imine (C=N–C) groups is 1. The van der Waals surface area contributed by atoms with Gasteiger partial charge in [-0.2, -0.15) is 0 Å². The molecule has 26 heavy (non-hydrogen) atoms. The summed E-state index contributed by atoms with van der Waals surface area (Å²) in [7, 11) is 0. The van der Waals surface area contributed by atoms with Crippen LogP contribution in [0.3, 0.4) is 0 Å². The molecule has 3 rings (SSSR count). The van der Waals surface area contributed by atoms with Crippen LogP contribution in [0.1, 0.15) is 18.9 Å². The first-order chi connectivity index (χ1) is 12.7. The van der Waals surface area contributed by atoms with E-state index in [1.165, 1.54) is 6.07 Å². The third kappa shape index (κ3) is 4.85. The molecule has 1 fully saturated rings. The van der Waals surface area contributed by atoms with Crippen molar-refractivity contribution in [1.82, 2.24) is 15.6 Å². The minimum atomic E-state index is -0.281. The smallest absolute Gasteiger partial charge is 0.191 e. The maximum atomic E-state index is 13.9. The van der Waals surface area contributed by atoms with Crippen LogP contribution in [0.25, 0.3) is 0 Å². The minimum Gasteiger partial charge on any atom is -0.357 e. The summed E-state index contributed by atoms with van der Waals surface area (Å²) in [5.41, 5.74) is 1.09. The Labute approximate surface area is 158 Å². The van der Waals surface area contributed by atoms with Crippen molar-refractivity contribution in [3.63, 3.8) is 0 Å². The Balaban J connectivity index is 1.60. The van der Waals surface area contributed by atoms with Gasteiger partial charge in [0.15, 0.2) is 17.6 Å². The van der Waals surface area contributed by atoms with E-state index < -0.39 is 0 Å². The lowest BCUT2D eigenvalue weighted by atomic mass is 10.2. The SMILES string of the molecule is CCNC(=NCc1ccc(Cl)cc1)NC1CCN(c2ncccc2F)C1. The molecule has 0 amide bonds. The third-order valence-electron chi connectivity index (χ3n) is 4.24. The number of aromatic nitrogens is 1. The Morgan fingerprint density at radius 1 is 1.35 bits per heavy atom. The molecule has 0 aliphatic carbocycles. The average molecular weight is 376 g/mol. The fraction of sp³-hybridized carbons (Fsp3) is 0.368. The molecule has 0 bridgehead atoms. The van der Waals surface area contributed by atoms with Gasteiger partial charge in [-0.1, -0.05) is 23.7 Å². The van der Waals surface area contributed by atoms with Crippen LogP contribution in [0.15, 0.2) is 47.6 Å². The molecule has 0 radical (unpaired) electrons. The molecule has 1 aliphatic rings. The first-order valence-corrected chi connectivity index (χ1v) is 9.18. The monoisotopic (exact) mass is 375 g/mol. The number of anilines is 1. The first kappa shape index (κ1) is 18.5. The van der Waals surface area contributed by atoms with Crippen molar-refractivity contribution in [3.8, 4) is 0 Å². The van der Waals surface area contributed by atoms with Crippen molar-refractivity contribution < 1.29 is 4.39 Å². The highest BCUT2D eigenvalue weighted by Crippen LogP contribution is 2.20. The molecule has 2 aromatic rings. The largest absolute Gasteiger partial charge is 0.357 e. The van der Waals surface area contributed by atoms with Gasteiger partial charge in [-0.15, -0.1) is 0 Å². The quantitative estimate of drug-likeness (QED) is 0.622. The number of nitrogens with zero attached hydrogens (tertiary/aromatic N) is 3. The van der Waals surface area contributed by atoms with E-state index in [0.717, 1.165) is 36.1 Å². The second kappa shape index (κ2) is 8.85. The molecule has 1 saturated heterocycles. The zero-order chi connectivity index (χ0) is 18.4. The summed E-state index contributed by atoms with van der Waals surface area (Å²) < 4.78 is 13.9. The highest BCUT2D eigenvalue weighted by atomic mass is 35.5. The molecule has 1 aromatic carbocycles. The number of pyridine rings is 1. The Morgan fingerprint density at radius 2 is 2.15 bits per heavy atom. The predicted molar refractivity (Wildman–Crippen MR) is 104 cm³/mol. The van der Waals surface area contributed by atoms with Gasteiger partial charge in [0.2, 0.25) is 0 Å². The molecule has 7 heteroatoms. The van der Waals surface area contributed by atoms with Crippen molar-refractivity contribution in [2.45, 2.75) is 25.9 Å². The molecule has 1 aromatic heterocycles.